The van der Waals surface area contributed by atoms with Gasteiger partial charge in [-0.15, -0.1) is 0 Å². The largest absolute Gasteiger partial charge is 0.321 e. The van der Waals surface area contributed by atoms with Crippen LogP contribution >= 0.6 is 0 Å². The summed E-state index contributed by atoms with van der Waals surface area (Å²) in [5.41, 5.74) is 18.0. The van der Waals surface area contributed by atoms with Crippen molar-refractivity contribution in [2.24, 2.45) is 11.5 Å². The molecular formula is C23H30N2O. The van der Waals surface area contributed by atoms with Gasteiger partial charge in [-0.3, -0.25) is 4.79 Å². The van der Waals surface area contributed by atoms with Crippen molar-refractivity contribution in [3.05, 3.63) is 58.7 Å². The fourth-order valence-electron chi connectivity index (χ4n) is 4.01. The van der Waals surface area contributed by atoms with Crippen molar-refractivity contribution in [3.8, 4) is 11.1 Å². The highest BCUT2D eigenvalue weighted by Crippen LogP contribution is 2.41. The van der Waals surface area contributed by atoms with E-state index < -0.39 is 0 Å². The first-order valence-corrected chi connectivity index (χ1v) is 9.75. The van der Waals surface area contributed by atoms with Gasteiger partial charge in [0.1, 0.15) is 0 Å². The second kappa shape index (κ2) is 6.64. The van der Waals surface area contributed by atoms with Crippen LogP contribution in [0.25, 0.3) is 11.1 Å². The maximum absolute atomic E-state index is 13.1. The van der Waals surface area contributed by atoms with Gasteiger partial charge in [0.25, 0.3) is 0 Å². The smallest absolute Gasteiger partial charge is 0.194 e. The number of nitrogens with two attached hydrogens (primary N) is 2. The maximum Gasteiger partial charge on any atom is 0.194 e. The lowest BCUT2D eigenvalue weighted by atomic mass is 9.84. The predicted molar refractivity (Wildman–Crippen MR) is 108 cm³/mol. The van der Waals surface area contributed by atoms with Crippen molar-refractivity contribution < 1.29 is 4.79 Å². The molecule has 0 radical (unpaired) electrons. The zero-order chi connectivity index (χ0) is 19.1. The molecule has 0 aliphatic heterocycles. The van der Waals surface area contributed by atoms with Crippen molar-refractivity contribution in [2.75, 3.05) is 0 Å². The van der Waals surface area contributed by atoms with Crippen LogP contribution in [-0.4, -0.2) is 5.78 Å². The number of hydrogen-bond acceptors (Lipinski definition) is 3. The Morgan fingerprint density at radius 3 is 1.31 bits per heavy atom. The van der Waals surface area contributed by atoms with E-state index in [1.165, 1.54) is 0 Å². The zero-order valence-electron chi connectivity index (χ0n) is 16.4. The van der Waals surface area contributed by atoms with Gasteiger partial charge in [-0.2, -0.15) is 0 Å². The molecule has 0 atom stereocenters. The fourth-order valence-corrected chi connectivity index (χ4v) is 4.01. The summed E-state index contributed by atoms with van der Waals surface area (Å²) in [7, 11) is 0. The van der Waals surface area contributed by atoms with Gasteiger partial charge in [-0.1, -0.05) is 52.0 Å². The molecule has 0 saturated heterocycles. The normalized spacial score (nSPS) is 13.7. The lowest BCUT2D eigenvalue weighted by molar-refractivity contribution is 0.104. The number of rotatable bonds is 6. The molecule has 2 aromatic rings. The Morgan fingerprint density at radius 2 is 1.00 bits per heavy atom. The SMILES string of the molecule is CCC(N)(CC)c1ccc2c(c1)C(=O)c1cc(C(N)(CC)CC)ccc1-2. The van der Waals surface area contributed by atoms with Crippen molar-refractivity contribution in [1.29, 1.82) is 0 Å². The van der Waals surface area contributed by atoms with Gasteiger partial charge in [-0.05, 0) is 60.1 Å². The van der Waals surface area contributed by atoms with Crippen molar-refractivity contribution in [2.45, 2.75) is 64.5 Å². The summed E-state index contributed by atoms with van der Waals surface area (Å²) in [6, 6.07) is 12.3. The Morgan fingerprint density at radius 1 is 0.654 bits per heavy atom. The summed E-state index contributed by atoms with van der Waals surface area (Å²) in [6.07, 6.45) is 3.37. The first kappa shape index (κ1) is 18.8. The molecule has 0 bridgehead atoms. The lowest BCUT2D eigenvalue weighted by Gasteiger charge is -2.27. The highest BCUT2D eigenvalue weighted by Gasteiger charge is 2.32. The molecule has 0 fully saturated rings. The summed E-state index contributed by atoms with van der Waals surface area (Å²) in [4.78, 5) is 13.1. The van der Waals surface area contributed by atoms with E-state index >= 15 is 0 Å². The van der Waals surface area contributed by atoms with Crippen molar-refractivity contribution in [3.63, 3.8) is 0 Å². The molecule has 3 rings (SSSR count). The van der Waals surface area contributed by atoms with Gasteiger partial charge in [0.15, 0.2) is 5.78 Å². The second-order valence-electron chi connectivity index (χ2n) is 7.58. The number of fused-ring (bicyclic) bond motifs is 3. The van der Waals surface area contributed by atoms with Crippen LogP contribution < -0.4 is 11.5 Å². The molecule has 0 unspecified atom stereocenters. The summed E-state index contributed by atoms with van der Waals surface area (Å²) in [5.74, 6) is 0.0859. The van der Waals surface area contributed by atoms with Crippen LogP contribution in [0, 0.1) is 0 Å². The van der Waals surface area contributed by atoms with Crippen LogP contribution in [0.2, 0.25) is 0 Å². The standard InChI is InChI=1S/C23H30N2O/c1-5-22(24,6-2)15-9-11-17-18-12-10-16(23(25,7-3)8-4)14-20(18)21(26)19(17)13-15/h9-14H,5-8,24-25H2,1-4H3. The summed E-state index contributed by atoms with van der Waals surface area (Å²) in [6.45, 7) is 8.37. The number of ketones is 1. The number of hydrogen-bond donors (Lipinski definition) is 2. The Labute approximate surface area is 156 Å². The highest BCUT2D eigenvalue weighted by atomic mass is 16.1. The molecule has 3 heteroatoms. The summed E-state index contributed by atoms with van der Waals surface area (Å²) in [5, 5.41) is 0. The van der Waals surface area contributed by atoms with E-state index in [4.69, 9.17) is 11.5 Å². The number of carbonyl (C=O) groups excluding carboxylic acids is 1. The van der Waals surface area contributed by atoms with E-state index in [0.29, 0.717) is 0 Å². The second-order valence-corrected chi connectivity index (χ2v) is 7.58. The van der Waals surface area contributed by atoms with Crippen molar-refractivity contribution in [1.82, 2.24) is 0 Å². The molecule has 3 nitrogen and oxygen atoms in total. The van der Waals surface area contributed by atoms with Gasteiger partial charge in [0, 0.05) is 22.2 Å². The van der Waals surface area contributed by atoms with E-state index in [-0.39, 0.29) is 16.9 Å². The topological polar surface area (TPSA) is 69.1 Å². The molecule has 1 aliphatic rings. The Kier molecular flexibility index (Phi) is 4.80. The first-order chi connectivity index (χ1) is 12.3. The van der Waals surface area contributed by atoms with Gasteiger partial charge < -0.3 is 11.5 Å². The molecule has 0 saturated carbocycles. The minimum Gasteiger partial charge on any atom is -0.321 e. The minimum absolute atomic E-state index is 0.0859. The predicted octanol–water partition coefficient (Wildman–Crippen LogP) is 4.85. The van der Waals surface area contributed by atoms with Gasteiger partial charge in [-0.25, -0.2) is 0 Å². The molecule has 26 heavy (non-hydrogen) atoms. The van der Waals surface area contributed by atoms with Gasteiger partial charge in [0.2, 0.25) is 0 Å². The Hall–Kier alpha value is -1.97. The first-order valence-electron chi connectivity index (χ1n) is 9.75. The summed E-state index contributed by atoms with van der Waals surface area (Å²) >= 11 is 0. The average molecular weight is 351 g/mol. The third-order valence-electron chi connectivity index (χ3n) is 6.49. The van der Waals surface area contributed by atoms with Crippen LogP contribution in [0.1, 0.15) is 80.4 Å². The summed E-state index contributed by atoms with van der Waals surface area (Å²) < 4.78 is 0. The minimum atomic E-state index is -0.383. The van der Waals surface area contributed by atoms with Crippen molar-refractivity contribution >= 4 is 5.78 Å². The van der Waals surface area contributed by atoms with Crippen LogP contribution in [0.3, 0.4) is 0 Å². The Bertz CT molecular complexity index is 776. The third-order valence-corrected chi connectivity index (χ3v) is 6.49. The van der Waals surface area contributed by atoms with E-state index in [1.54, 1.807) is 0 Å². The van der Waals surface area contributed by atoms with Crippen LogP contribution in [0.5, 0.6) is 0 Å². The number of benzene rings is 2. The van der Waals surface area contributed by atoms with Crippen LogP contribution in [0.15, 0.2) is 36.4 Å². The van der Waals surface area contributed by atoms with E-state index in [0.717, 1.165) is 59.1 Å². The van der Waals surface area contributed by atoms with E-state index in [2.05, 4.69) is 52.0 Å². The maximum atomic E-state index is 13.1. The molecular weight excluding hydrogens is 320 g/mol. The quantitative estimate of drug-likeness (QED) is 0.668. The molecule has 138 valence electrons. The lowest BCUT2D eigenvalue weighted by Crippen LogP contribution is -2.35. The van der Waals surface area contributed by atoms with Crippen LogP contribution in [-0.2, 0) is 11.1 Å². The number of carbonyl (C=O) groups is 1. The van der Waals surface area contributed by atoms with Crippen LogP contribution in [0.4, 0.5) is 0 Å². The Balaban J connectivity index is 2.09. The molecule has 0 amide bonds. The molecule has 4 N–H and O–H groups in total. The highest BCUT2D eigenvalue weighted by molar-refractivity contribution is 6.21. The molecule has 0 spiro atoms. The molecule has 0 aromatic heterocycles. The molecule has 1 aliphatic carbocycles. The molecule has 0 heterocycles. The van der Waals surface area contributed by atoms with E-state index in [1.807, 2.05) is 12.1 Å². The van der Waals surface area contributed by atoms with E-state index in [9.17, 15) is 4.79 Å². The average Bonchev–Trinajstić information content (AvgIpc) is 2.98. The third kappa shape index (κ3) is 2.70. The molecule has 2 aromatic carbocycles. The van der Waals surface area contributed by atoms with Gasteiger partial charge in [0.05, 0.1) is 0 Å². The van der Waals surface area contributed by atoms with Gasteiger partial charge >= 0.3 is 0 Å². The fraction of sp³-hybridized carbons (Fsp3) is 0.435. The zero-order valence-corrected chi connectivity index (χ0v) is 16.4. The monoisotopic (exact) mass is 350 g/mol.